The van der Waals surface area contributed by atoms with E-state index in [-0.39, 0.29) is 12.5 Å². The largest absolute Gasteiger partial charge is 0.481 e. The lowest BCUT2D eigenvalue weighted by atomic mass is 10.2. The molecule has 94 valence electrons. The topological polar surface area (TPSA) is 38.3 Å². The molecule has 0 heterocycles. The number of amides is 1. The molecule has 0 saturated heterocycles. The van der Waals surface area contributed by atoms with Crippen molar-refractivity contribution in [1.29, 1.82) is 0 Å². The number of ether oxygens (including phenoxy) is 1. The van der Waals surface area contributed by atoms with E-state index in [0.717, 1.165) is 6.42 Å². The molecule has 0 spiro atoms. The van der Waals surface area contributed by atoms with E-state index in [1.54, 1.807) is 31.2 Å². The number of benzene rings is 1. The van der Waals surface area contributed by atoms with Crippen molar-refractivity contribution in [3.05, 3.63) is 35.9 Å². The molecule has 1 rings (SSSR count). The third-order valence-electron chi connectivity index (χ3n) is 2.28. The highest BCUT2D eigenvalue weighted by atomic mass is 16.5. The van der Waals surface area contributed by atoms with E-state index < -0.39 is 0 Å². The minimum Gasteiger partial charge on any atom is -0.481 e. The first-order valence-corrected chi connectivity index (χ1v) is 5.81. The molecule has 0 saturated carbocycles. The summed E-state index contributed by atoms with van der Waals surface area (Å²) in [7, 11) is 0. The molecule has 0 radical (unpaired) electrons. The van der Waals surface area contributed by atoms with Crippen LogP contribution in [0.25, 0.3) is 0 Å². The average molecular weight is 243 g/mol. The summed E-state index contributed by atoms with van der Waals surface area (Å²) < 4.78 is 5.28. The van der Waals surface area contributed by atoms with Crippen LogP contribution in [0.3, 0.4) is 0 Å². The number of anilines is 1. The fraction of sp³-hybridized carbons (Fsp3) is 0.267. The number of carbonyl (C=O) groups excluding carboxylic acids is 1. The standard InChI is InChI=1S/C15H17NO2/c1-4-7-12(3)15(17)16-13-8-6-9-14(11-13)18-10-5-2/h2,6-9,11H,4,10H2,1,3H3,(H,16,17). The van der Waals surface area contributed by atoms with Crippen LogP contribution in [0, 0.1) is 12.3 Å². The quantitative estimate of drug-likeness (QED) is 0.637. The van der Waals surface area contributed by atoms with E-state index in [9.17, 15) is 4.79 Å². The molecule has 1 N–H and O–H groups in total. The Morgan fingerprint density at radius 1 is 1.56 bits per heavy atom. The third kappa shape index (κ3) is 4.34. The van der Waals surface area contributed by atoms with Gasteiger partial charge < -0.3 is 10.1 Å². The molecule has 0 atom stereocenters. The normalized spacial score (nSPS) is 10.6. The van der Waals surface area contributed by atoms with Crippen molar-refractivity contribution < 1.29 is 9.53 Å². The molecule has 0 aliphatic rings. The van der Waals surface area contributed by atoms with Gasteiger partial charge in [0.25, 0.3) is 5.91 Å². The Kier molecular flexibility index (Phi) is 5.53. The number of rotatable bonds is 5. The van der Waals surface area contributed by atoms with Gasteiger partial charge in [0.2, 0.25) is 0 Å². The Balaban J connectivity index is 2.70. The molecule has 0 aromatic heterocycles. The average Bonchev–Trinajstić information content (AvgIpc) is 2.37. The van der Waals surface area contributed by atoms with Crippen LogP contribution in [-0.4, -0.2) is 12.5 Å². The number of nitrogens with one attached hydrogen (secondary N) is 1. The Labute approximate surface area is 108 Å². The Hall–Kier alpha value is -2.21. The fourth-order valence-electron chi connectivity index (χ4n) is 1.42. The molecular weight excluding hydrogens is 226 g/mol. The first-order valence-electron chi connectivity index (χ1n) is 5.81. The van der Waals surface area contributed by atoms with Gasteiger partial charge in [0.15, 0.2) is 0 Å². The highest BCUT2D eigenvalue weighted by Gasteiger charge is 2.04. The summed E-state index contributed by atoms with van der Waals surface area (Å²) in [5.41, 5.74) is 1.39. The molecule has 18 heavy (non-hydrogen) atoms. The van der Waals surface area contributed by atoms with Gasteiger partial charge in [-0.05, 0) is 25.5 Å². The minimum absolute atomic E-state index is 0.106. The van der Waals surface area contributed by atoms with Gasteiger partial charge in [-0.25, -0.2) is 0 Å². The molecule has 1 aromatic carbocycles. The number of allylic oxidation sites excluding steroid dienone is 1. The van der Waals surface area contributed by atoms with Gasteiger partial charge in [0, 0.05) is 17.3 Å². The van der Waals surface area contributed by atoms with Crippen LogP contribution in [0.15, 0.2) is 35.9 Å². The van der Waals surface area contributed by atoms with Crippen molar-refractivity contribution in [1.82, 2.24) is 0 Å². The molecule has 0 aliphatic heterocycles. The van der Waals surface area contributed by atoms with E-state index >= 15 is 0 Å². The first kappa shape index (κ1) is 13.9. The second-order valence-electron chi connectivity index (χ2n) is 3.77. The second-order valence-corrected chi connectivity index (χ2v) is 3.77. The second kappa shape index (κ2) is 7.18. The van der Waals surface area contributed by atoms with Gasteiger partial charge in [0.1, 0.15) is 12.4 Å². The van der Waals surface area contributed by atoms with Crippen molar-refractivity contribution in [3.63, 3.8) is 0 Å². The molecular formula is C15H17NO2. The molecule has 3 heteroatoms. The van der Waals surface area contributed by atoms with Crippen LogP contribution in [0.5, 0.6) is 5.75 Å². The van der Waals surface area contributed by atoms with Crippen LogP contribution in [-0.2, 0) is 4.79 Å². The summed E-state index contributed by atoms with van der Waals surface area (Å²) in [6, 6.07) is 7.15. The van der Waals surface area contributed by atoms with Gasteiger partial charge in [-0.1, -0.05) is 25.0 Å². The Morgan fingerprint density at radius 3 is 3.00 bits per heavy atom. The summed E-state index contributed by atoms with van der Waals surface area (Å²) in [6.45, 7) is 3.99. The van der Waals surface area contributed by atoms with Gasteiger partial charge in [-0.2, -0.15) is 0 Å². The third-order valence-corrected chi connectivity index (χ3v) is 2.28. The van der Waals surface area contributed by atoms with Crippen LogP contribution >= 0.6 is 0 Å². The zero-order valence-electron chi connectivity index (χ0n) is 10.7. The van der Waals surface area contributed by atoms with E-state index in [4.69, 9.17) is 11.2 Å². The predicted molar refractivity (Wildman–Crippen MR) is 73.4 cm³/mol. The molecule has 0 bridgehead atoms. The summed E-state index contributed by atoms with van der Waals surface area (Å²) >= 11 is 0. The predicted octanol–water partition coefficient (Wildman–Crippen LogP) is 2.99. The van der Waals surface area contributed by atoms with E-state index in [1.165, 1.54) is 0 Å². The van der Waals surface area contributed by atoms with E-state index in [2.05, 4.69) is 11.2 Å². The maximum Gasteiger partial charge on any atom is 0.250 e. The summed E-state index contributed by atoms with van der Waals surface area (Å²) in [4.78, 5) is 11.8. The van der Waals surface area contributed by atoms with Crippen molar-refractivity contribution in [2.75, 3.05) is 11.9 Å². The van der Waals surface area contributed by atoms with Crippen molar-refractivity contribution in [3.8, 4) is 18.1 Å². The smallest absolute Gasteiger partial charge is 0.250 e. The lowest BCUT2D eigenvalue weighted by Crippen LogP contribution is -2.12. The van der Waals surface area contributed by atoms with Crippen molar-refractivity contribution in [2.24, 2.45) is 0 Å². The lowest BCUT2D eigenvalue weighted by Gasteiger charge is -2.07. The summed E-state index contributed by atoms with van der Waals surface area (Å²) in [5, 5.41) is 2.80. The highest BCUT2D eigenvalue weighted by molar-refractivity contribution is 6.03. The molecule has 3 nitrogen and oxygen atoms in total. The van der Waals surface area contributed by atoms with Gasteiger partial charge in [-0.15, -0.1) is 6.42 Å². The molecule has 0 fully saturated rings. The number of terminal acetylenes is 1. The van der Waals surface area contributed by atoms with E-state index in [0.29, 0.717) is 17.0 Å². The zero-order valence-corrected chi connectivity index (χ0v) is 10.7. The minimum atomic E-state index is -0.106. The molecule has 0 unspecified atom stereocenters. The van der Waals surface area contributed by atoms with Crippen LogP contribution in [0.2, 0.25) is 0 Å². The molecule has 1 amide bonds. The molecule has 0 aliphatic carbocycles. The Bertz CT molecular complexity index is 484. The SMILES string of the molecule is C#CCOc1cccc(NC(=O)C(C)=CCC)c1. The van der Waals surface area contributed by atoms with Gasteiger partial charge in [0.05, 0.1) is 0 Å². The van der Waals surface area contributed by atoms with Crippen LogP contribution < -0.4 is 10.1 Å². The Morgan fingerprint density at radius 2 is 2.33 bits per heavy atom. The van der Waals surface area contributed by atoms with Crippen molar-refractivity contribution in [2.45, 2.75) is 20.3 Å². The van der Waals surface area contributed by atoms with Crippen LogP contribution in [0.1, 0.15) is 20.3 Å². The van der Waals surface area contributed by atoms with Crippen molar-refractivity contribution >= 4 is 11.6 Å². The lowest BCUT2D eigenvalue weighted by molar-refractivity contribution is -0.112. The van der Waals surface area contributed by atoms with Crippen LogP contribution in [0.4, 0.5) is 5.69 Å². The number of hydrogen-bond donors (Lipinski definition) is 1. The number of hydrogen-bond acceptors (Lipinski definition) is 2. The fourth-order valence-corrected chi connectivity index (χ4v) is 1.42. The van der Waals surface area contributed by atoms with E-state index in [1.807, 2.05) is 13.0 Å². The number of carbonyl (C=O) groups is 1. The molecule has 1 aromatic rings. The maximum atomic E-state index is 11.8. The zero-order chi connectivity index (χ0) is 13.4. The van der Waals surface area contributed by atoms with Gasteiger partial charge in [-0.3, -0.25) is 4.79 Å². The highest BCUT2D eigenvalue weighted by Crippen LogP contribution is 2.17. The maximum absolute atomic E-state index is 11.8. The van der Waals surface area contributed by atoms with Gasteiger partial charge >= 0.3 is 0 Å². The summed E-state index contributed by atoms with van der Waals surface area (Å²) in [6.07, 6.45) is 7.84. The monoisotopic (exact) mass is 243 g/mol. The first-order chi connectivity index (χ1) is 8.67. The summed E-state index contributed by atoms with van der Waals surface area (Å²) in [5.74, 6) is 2.93.